The summed E-state index contributed by atoms with van der Waals surface area (Å²) in [4.78, 5) is 6.43. The molecule has 152 valence electrons. The third-order valence-corrected chi connectivity index (χ3v) is 6.80. The highest BCUT2D eigenvalue weighted by atomic mass is 127. The van der Waals surface area contributed by atoms with Crippen LogP contribution in [0.3, 0.4) is 0 Å². The van der Waals surface area contributed by atoms with Crippen molar-refractivity contribution in [1.82, 2.24) is 10.6 Å². The predicted octanol–water partition coefficient (Wildman–Crippen LogP) is 3.86. The number of anilines is 1. The van der Waals surface area contributed by atoms with E-state index in [-0.39, 0.29) is 24.0 Å². The molecule has 0 spiro atoms. The molecule has 1 aromatic carbocycles. The van der Waals surface area contributed by atoms with E-state index in [1.54, 1.807) is 13.1 Å². The monoisotopic (exact) mass is 510 g/mol. The molecule has 2 unspecified atom stereocenters. The van der Waals surface area contributed by atoms with Crippen molar-refractivity contribution in [3.05, 3.63) is 29.8 Å². The molecule has 2 aliphatic rings. The molecular weight excluding hydrogens is 481 g/mol. The summed E-state index contributed by atoms with van der Waals surface area (Å²) in [5, 5.41) is 6.86. The van der Waals surface area contributed by atoms with Gasteiger partial charge in [-0.3, -0.25) is 4.99 Å². The van der Waals surface area contributed by atoms with Gasteiger partial charge in [0, 0.05) is 49.7 Å². The van der Waals surface area contributed by atoms with Crippen molar-refractivity contribution in [2.24, 2.45) is 10.9 Å². The van der Waals surface area contributed by atoms with Gasteiger partial charge in [-0.05, 0) is 50.0 Å². The molecule has 27 heavy (non-hydrogen) atoms. The summed E-state index contributed by atoms with van der Waals surface area (Å²) in [7, 11) is 1.79. The van der Waals surface area contributed by atoms with Gasteiger partial charge in [0.25, 0.3) is 0 Å². The molecule has 0 aromatic heterocycles. The number of halogens is 3. The number of nitrogens with zero attached hydrogens (tertiary/aromatic N) is 2. The highest BCUT2D eigenvalue weighted by molar-refractivity contribution is 14.0. The standard InChI is InChI=1S/C19H28F2N4S.HI/c1-19(7-3-9-26-19)13-24-18(22-2)23-11-14-6-8-25(12-14)15-4-5-16(20)17(21)10-15;/h4-5,10,14H,3,6-9,11-13H2,1-2H3,(H2,22,23,24);1H. The van der Waals surface area contributed by atoms with Gasteiger partial charge in [-0.2, -0.15) is 11.8 Å². The summed E-state index contributed by atoms with van der Waals surface area (Å²) in [5.74, 6) is 0.955. The first kappa shape index (κ1) is 22.5. The van der Waals surface area contributed by atoms with Gasteiger partial charge in [-0.25, -0.2) is 8.78 Å². The molecule has 2 aliphatic heterocycles. The molecule has 4 nitrogen and oxygen atoms in total. The van der Waals surface area contributed by atoms with Crippen molar-refractivity contribution in [1.29, 1.82) is 0 Å². The van der Waals surface area contributed by atoms with E-state index < -0.39 is 11.6 Å². The molecule has 0 saturated carbocycles. The Morgan fingerprint density at radius 3 is 2.81 bits per heavy atom. The molecule has 2 N–H and O–H groups in total. The lowest BCUT2D eigenvalue weighted by atomic mass is 10.1. The number of hydrogen-bond donors (Lipinski definition) is 2. The van der Waals surface area contributed by atoms with Crippen LogP contribution in [0.5, 0.6) is 0 Å². The molecular formula is C19H29F2IN4S. The van der Waals surface area contributed by atoms with Gasteiger partial charge in [0.05, 0.1) is 0 Å². The van der Waals surface area contributed by atoms with E-state index in [4.69, 9.17) is 0 Å². The van der Waals surface area contributed by atoms with Crippen LogP contribution in [0, 0.1) is 17.6 Å². The lowest BCUT2D eigenvalue weighted by Gasteiger charge is -2.25. The van der Waals surface area contributed by atoms with Crippen molar-refractivity contribution >= 4 is 47.4 Å². The second-order valence-corrected chi connectivity index (χ2v) is 9.09. The molecule has 2 saturated heterocycles. The maximum atomic E-state index is 13.4. The van der Waals surface area contributed by atoms with Crippen molar-refractivity contribution in [2.75, 3.05) is 43.9 Å². The van der Waals surface area contributed by atoms with Crippen LogP contribution in [0.2, 0.25) is 0 Å². The normalized spacial score (nSPS) is 25.4. The Morgan fingerprint density at radius 2 is 2.15 bits per heavy atom. The lowest BCUT2D eigenvalue weighted by molar-refractivity contribution is 0.508. The minimum Gasteiger partial charge on any atom is -0.371 e. The average Bonchev–Trinajstić information content (AvgIpc) is 3.27. The molecule has 1 aromatic rings. The Kier molecular flexibility index (Phi) is 8.45. The molecule has 0 radical (unpaired) electrons. The van der Waals surface area contributed by atoms with Crippen molar-refractivity contribution in [3.8, 4) is 0 Å². The van der Waals surface area contributed by atoms with Crippen LogP contribution in [0.1, 0.15) is 26.2 Å². The highest BCUT2D eigenvalue weighted by Crippen LogP contribution is 2.36. The van der Waals surface area contributed by atoms with E-state index in [9.17, 15) is 8.78 Å². The van der Waals surface area contributed by atoms with Crippen LogP contribution in [-0.4, -0.2) is 49.7 Å². The Hall–Kier alpha value is -0.770. The molecule has 0 bridgehead atoms. The third kappa shape index (κ3) is 6.10. The first-order valence-corrected chi connectivity index (χ1v) is 10.3. The summed E-state index contributed by atoms with van der Waals surface area (Å²) < 4.78 is 26.8. The lowest BCUT2D eigenvalue weighted by Crippen LogP contribution is -2.45. The van der Waals surface area contributed by atoms with Crippen LogP contribution in [0.4, 0.5) is 14.5 Å². The fourth-order valence-electron chi connectivity index (χ4n) is 3.62. The van der Waals surface area contributed by atoms with E-state index in [0.29, 0.717) is 10.7 Å². The topological polar surface area (TPSA) is 39.7 Å². The average molecular weight is 510 g/mol. The first-order valence-electron chi connectivity index (χ1n) is 9.27. The largest absolute Gasteiger partial charge is 0.371 e. The van der Waals surface area contributed by atoms with E-state index >= 15 is 0 Å². The molecule has 2 heterocycles. The minimum atomic E-state index is -0.796. The van der Waals surface area contributed by atoms with Gasteiger partial charge in [-0.1, -0.05) is 0 Å². The van der Waals surface area contributed by atoms with Gasteiger partial charge in [0.1, 0.15) is 0 Å². The molecule has 8 heteroatoms. The summed E-state index contributed by atoms with van der Waals surface area (Å²) in [6, 6.07) is 4.13. The van der Waals surface area contributed by atoms with Gasteiger partial charge >= 0.3 is 0 Å². The van der Waals surface area contributed by atoms with Crippen molar-refractivity contribution in [2.45, 2.75) is 30.9 Å². The summed E-state index contributed by atoms with van der Waals surface area (Å²) >= 11 is 2.03. The third-order valence-electron chi connectivity index (χ3n) is 5.27. The Labute approximate surface area is 182 Å². The van der Waals surface area contributed by atoms with Crippen molar-refractivity contribution in [3.63, 3.8) is 0 Å². The fourth-order valence-corrected chi connectivity index (χ4v) is 4.87. The van der Waals surface area contributed by atoms with Crippen LogP contribution >= 0.6 is 35.7 Å². The maximum absolute atomic E-state index is 13.4. The zero-order valence-corrected chi connectivity index (χ0v) is 19.1. The molecule has 2 atom stereocenters. The quantitative estimate of drug-likeness (QED) is 0.359. The van der Waals surface area contributed by atoms with Crippen LogP contribution in [0.25, 0.3) is 0 Å². The maximum Gasteiger partial charge on any atom is 0.191 e. The van der Waals surface area contributed by atoms with Gasteiger partial charge < -0.3 is 15.5 Å². The molecule has 3 rings (SSSR count). The summed E-state index contributed by atoms with van der Waals surface area (Å²) in [5.41, 5.74) is 0.750. The zero-order valence-electron chi connectivity index (χ0n) is 15.9. The van der Waals surface area contributed by atoms with Crippen LogP contribution in [0.15, 0.2) is 23.2 Å². The smallest absolute Gasteiger partial charge is 0.191 e. The van der Waals surface area contributed by atoms with Gasteiger partial charge in [0.15, 0.2) is 17.6 Å². The molecule has 0 amide bonds. The number of nitrogens with one attached hydrogen (secondary N) is 2. The van der Waals surface area contributed by atoms with Crippen molar-refractivity contribution < 1.29 is 8.78 Å². The van der Waals surface area contributed by atoms with E-state index in [1.165, 1.54) is 30.7 Å². The second-order valence-electron chi connectivity index (χ2n) is 7.41. The Bertz CT molecular complexity index is 653. The number of aliphatic imine (C=N–C) groups is 1. The first-order chi connectivity index (χ1) is 12.5. The van der Waals surface area contributed by atoms with Crippen LogP contribution < -0.4 is 15.5 Å². The van der Waals surface area contributed by atoms with E-state index in [2.05, 4.69) is 27.4 Å². The number of guanidine groups is 1. The Balaban J connectivity index is 0.00000261. The van der Waals surface area contributed by atoms with Gasteiger partial charge in [-0.15, -0.1) is 24.0 Å². The minimum absolute atomic E-state index is 0. The fraction of sp³-hybridized carbons (Fsp3) is 0.632. The van der Waals surface area contributed by atoms with E-state index in [0.717, 1.165) is 44.2 Å². The van der Waals surface area contributed by atoms with Gasteiger partial charge in [0.2, 0.25) is 0 Å². The number of benzene rings is 1. The molecule has 2 fully saturated rings. The highest BCUT2D eigenvalue weighted by Gasteiger charge is 2.29. The number of hydrogen-bond acceptors (Lipinski definition) is 3. The zero-order chi connectivity index (χ0) is 18.6. The Morgan fingerprint density at radius 1 is 1.33 bits per heavy atom. The number of rotatable bonds is 5. The summed E-state index contributed by atoms with van der Waals surface area (Å²) in [6.07, 6.45) is 3.56. The number of thioether (sulfide) groups is 1. The van der Waals surface area contributed by atoms with Crippen LogP contribution in [-0.2, 0) is 0 Å². The summed E-state index contributed by atoms with van der Waals surface area (Å²) in [6.45, 7) is 5.75. The van der Waals surface area contributed by atoms with E-state index in [1.807, 2.05) is 11.8 Å². The predicted molar refractivity (Wildman–Crippen MR) is 122 cm³/mol. The molecule has 0 aliphatic carbocycles. The second kappa shape index (κ2) is 10.1. The SMILES string of the molecule is CN=C(NCC1CCN(c2ccc(F)c(F)c2)C1)NCC1(C)CCCS1.I.